The molecule has 49 heavy (non-hydrogen) atoms. The number of nitrogens with one attached hydrogen (secondary N) is 3. The van der Waals surface area contributed by atoms with Gasteiger partial charge in [-0.3, -0.25) is 9.59 Å². The maximum Gasteiger partial charge on any atom is 0.303 e. The van der Waals surface area contributed by atoms with Gasteiger partial charge in [0.05, 0.1) is 22.8 Å². The SMILES string of the molecule is C=Cc1c(C)c2cc3[nH]c(cc4nc(cc5nc(cc1[nH]2)C(C)=C5CCC(=O)NCCN(CC)CC)C(CCC(=O)O)=C4C)c(C)c3C=C. The number of aromatic amines is 2. The number of allylic oxidation sites excluding steroid dienone is 4. The Morgan fingerprint density at radius 3 is 1.76 bits per heavy atom. The molecule has 3 aromatic heterocycles. The van der Waals surface area contributed by atoms with Crippen molar-refractivity contribution in [2.75, 3.05) is 26.2 Å². The van der Waals surface area contributed by atoms with E-state index >= 15 is 0 Å². The summed E-state index contributed by atoms with van der Waals surface area (Å²) < 4.78 is 0. The average Bonchev–Trinajstić information content (AvgIpc) is 3.73. The van der Waals surface area contributed by atoms with Gasteiger partial charge in [0.2, 0.25) is 5.91 Å². The molecule has 0 unspecified atom stereocenters. The number of carbonyl (C=O) groups is 2. The lowest BCUT2D eigenvalue weighted by molar-refractivity contribution is -0.136. The molecule has 9 heteroatoms. The van der Waals surface area contributed by atoms with E-state index in [2.05, 4.69) is 67.1 Å². The zero-order valence-electron chi connectivity index (χ0n) is 29.6. The Hall–Kier alpha value is -5.02. The summed E-state index contributed by atoms with van der Waals surface area (Å²) >= 11 is 0. The van der Waals surface area contributed by atoms with Crippen LogP contribution < -0.4 is 5.32 Å². The molecule has 256 valence electrons. The molecule has 5 rings (SSSR count). The van der Waals surface area contributed by atoms with Gasteiger partial charge < -0.3 is 25.3 Å². The largest absolute Gasteiger partial charge is 0.481 e. The summed E-state index contributed by atoms with van der Waals surface area (Å²) in [6, 6.07) is 8.12. The Bertz CT molecular complexity index is 2050. The van der Waals surface area contributed by atoms with Crippen molar-refractivity contribution in [2.24, 2.45) is 0 Å². The van der Waals surface area contributed by atoms with E-state index in [1.54, 1.807) is 0 Å². The number of carboxylic acids is 1. The van der Waals surface area contributed by atoms with Gasteiger partial charge in [-0.1, -0.05) is 39.2 Å². The highest BCUT2D eigenvalue weighted by molar-refractivity contribution is 5.97. The third kappa shape index (κ3) is 7.37. The highest BCUT2D eigenvalue weighted by Gasteiger charge is 2.23. The van der Waals surface area contributed by atoms with Gasteiger partial charge in [0.1, 0.15) is 0 Å². The molecule has 0 aliphatic carbocycles. The molecule has 2 aliphatic heterocycles. The molecule has 0 saturated heterocycles. The first-order valence-corrected chi connectivity index (χ1v) is 17.1. The molecular weight excluding hydrogens is 612 g/mol. The van der Waals surface area contributed by atoms with Crippen molar-refractivity contribution < 1.29 is 14.7 Å². The molecule has 0 saturated carbocycles. The zero-order valence-corrected chi connectivity index (χ0v) is 29.6. The van der Waals surface area contributed by atoms with Crippen LogP contribution in [0, 0.1) is 13.8 Å². The summed E-state index contributed by atoms with van der Waals surface area (Å²) in [5.41, 5.74) is 14.5. The number of rotatable bonds is 13. The lowest BCUT2D eigenvalue weighted by Crippen LogP contribution is -2.34. The molecule has 0 radical (unpaired) electrons. The average molecular weight is 661 g/mol. The van der Waals surface area contributed by atoms with E-state index < -0.39 is 5.97 Å². The Labute approximate surface area is 288 Å². The molecular formula is C40H48N6O3. The normalized spacial score (nSPS) is 13.0. The van der Waals surface area contributed by atoms with Crippen LogP contribution in [0.4, 0.5) is 0 Å². The van der Waals surface area contributed by atoms with Crippen molar-refractivity contribution in [1.82, 2.24) is 30.2 Å². The van der Waals surface area contributed by atoms with Gasteiger partial charge in [-0.05, 0) is 111 Å². The minimum Gasteiger partial charge on any atom is -0.481 e. The lowest BCUT2D eigenvalue weighted by atomic mass is 9.98. The minimum absolute atomic E-state index is 0.00236. The van der Waals surface area contributed by atoms with Gasteiger partial charge >= 0.3 is 5.97 Å². The van der Waals surface area contributed by atoms with E-state index in [-0.39, 0.29) is 12.3 Å². The maximum absolute atomic E-state index is 13.0. The van der Waals surface area contributed by atoms with Crippen LogP contribution >= 0.6 is 0 Å². The number of hydrogen-bond acceptors (Lipinski definition) is 5. The first kappa shape index (κ1) is 35.3. The van der Waals surface area contributed by atoms with Gasteiger partial charge in [0.25, 0.3) is 0 Å². The molecule has 0 spiro atoms. The second-order valence-corrected chi connectivity index (χ2v) is 12.7. The minimum atomic E-state index is -0.864. The highest BCUT2D eigenvalue weighted by Crippen LogP contribution is 2.38. The van der Waals surface area contributed by atoms with Gasteiger partial charge in [0.15, 0.2) is 0 Å². The van der Waals surface area contributed by atoms with Crippen molar-refractivity contribution in [3.63, 3.8) is 0 Å². The molecule has 0 fully saturated rings. The molecule has 2 aliphatic rings. The molecule has 8 bridgehead atoms. The van der Waals surface area contributed by atoms with Crippen molar-refractivity contribution in [1.29, 1.82) is 0 Å². The number of hydrogen-bond donors (Lipinski definition) is 4. The number of nitrogens with zero attached hydrogens (tertiary/aromatic N) is 3. The third-order valence-corrected chi connectivity index (χ3v) is 9.88. The van der Waals surface area contributed by atoms with E-state index in [0.29, 0.717) is 31.5 Å². The van der Waals surface area contributed by atoms with Crippen molar-refractivity contribution >= 4 is 68.4 Å². The number of aromatic nitrogens is 4. The quantitative estimate of drug-likeness (QED) is 0.146. The number of likely N-dealkylation sites (N-methyl/N-ethyl adjacent to an activating group) is 1. The molecule has 4 N–H and O–H groups in total. The fourth-order valence-electron chi connectivity index (χ4n) is 6.75. The van der Waals surface area contributed by atoms with Crippen LogP contribution in [0.3, 0.4) is 0 Å². The van der Waals surface area contributed by atoms with Gasteiger partial charge in [0, 0.05) is 59.1 Å². The van der Waals surface area contributed by atoms with E-state index in [9.17, 15) is 14.7 Å². The Morgan fingerprint density at radius 2 is 1.24 bits per heavy atom. The van der Waals surface area contributed by atoms with Crippen LogP contribution in [0.25, 0.3) is 56.5 Å². The van der Waals surface area contributed by atoms with Gasteiger partial charge in [-0.15, -0.1) is 0 Å². The van der Waals surface area contributed by atoms with Gasteiger partial charge in [-0.25, -0.2) is 9.97 Å². The molecule has 5 heterocycles. The Kier molecular flexibility index (Phi) is 10.8. The number of H-pyrrole nitrogens is 2. The second kappa shape index (κ2) is 15.0. The van der Waals surface area contributed by atoms with E-state index in [4.69, 9.17) is 9.97 Å². The predicted molar refractivity (Wildman–Crippen MR) is 203 cm³/mol. The molecule has 0 aromatic carbocycles. The third-order valence-electron chi connectivity index (χ3n) is 9.88. The zero-order chi connectivity index (χ0) is 35.4. The van der Waals surface area contributed by atoms with E-state index in [1.165, 1.54) is 0 Å². The predicted octanol–water partition coefficient (Wildman–Crippen LogP) is 8.18. The van der Waals surface area contributed by atoms with Crippen LogP contribution in [0.1, 0.15) is 98.4 Å². The second-order valence-electron chi connectivity index (χ2n) is 12.7. The number of carbonyl (C=O) groups excluding carboxylic acids is 1. The molecule has 0 atom stereocenters. The van der Waals surface area contributed by atoms with E-state index in [0.717, 1.165) is 103 Å². The fraction of sp³-hybridized carbons (Fsp3) is 0.350. The Morgan fingerprint density at radius 1 is 0.755 bits per heavy atom. The summed E-state index contributed by atoms with van der Waals surface area (Å²) in [7, 11) is 0. The lowest BCUT2D eigenvalue weighted by Gasteiger charge is -2.18. The standard InChI is InChI=1S/C40H48N6O3/c1-9-27-23(5)31-19-32-26(8)30(14-16-40(48)49)38(44-32)22-37-29(13-15-39(47)41-17-18-46(11-3)12-4)25(7)34(45-37)21-36-28(10-2)24(6)33(43-36)20-35(27)42-31/h9-10,19-22,42-43H,1-2,11-18H2,3-8H3,(H,41,47)(H,48,49). The molecule has 1 amide bonds. The highest BCUT2D eigenvalue weighted by atomic mass is 16.4. The first-order chi connectivity index (χ1) is 23.5. The van der Waals surface area contributed by atoms with E-state index in [1.807, 2.05) is 44.2 Å². The Balaban J connectivity index is 1.72. The smallest absolute Gasteiger partial charge is 0.303 e. The summed E-state index contributed by atoms with van der Waals surface area (Å²) in [5.74, 6) is -0.866. The number of fused-ring (bicyclic) bond motifs is 8. The van der Waals surface area contributed by atoms with Crippen LogP contribution in [0.2, 0.25) is 0 Å². The van der Waals surface area contributed by atoms with Gasteiger partial charge in [-0.2, -0.15) is 0 Å². The fourth-order valence-corrected chi connectivity index (χ4v) is 6.75. The number of aliphatic carboxylic acids is 1. The van der Waals surface area contributed by atoms with Crippen LogP contribution in [0.5, 0.6) is 0 Å². The summed E-state index contributed by atoms with van der Waals surface area (Å²) in [6.07, 6.45) is 4.87. The van der Waals surface area contributed by atoms with Crippen LogP contribution in [-0.2, 0) is 9.59 Å². The molecule has 9 nitrogen and oxygen atoms in total. The van der Waals surface area contributed by atoms with Crippen LogP contribution in [0.15, 0.2) is 37.4 Å². The van der Waals surface area contributed by atoms with Crippen molar-refractivity contribution in [2.45, 2.75) is 67.2 Å². The number of amides is 1. The number of aryl methyl sites for hydroxylation is 2. The summed E-state index contributed by atoms with van der Waals surface area (Å²) in [5, 5.41) is 12.7. The molecule has 3 aromatic rings. The topological polar surface area (TPSA) is 127 Å². The summed E-state index contributed by atoms with van der Waals surface area (Å²) in [4.78, 5) is 44.3. The monoisotopic (exact) mass is 660 g/mol. The van der Waals surface area contributed by atoms with Crippen molar-refractivity contribution in [3.8, 4) is 0 Å². The van der Waals surface area contributed by atoms with Crippen LogP contribution in [-0.4, -0.2) is 68.0 Å². The first-order valence-electron chi connectivity index (χ1n) is 17.1. The summed E-state index contributed by atoms with van der Waals surface area (Å²) in [6.45, 7) is 23.9. The maximum atomic E-state index is 13.0. The number of carboxylic acid groups (broad SMARTS) is 1. The van der Waals surface area contributed by atoms with Crippen molar-refractivity contribution in [3.05, 3.63) is 82.5 Å².